The molecule has 1 nitrogen and oxygen atoms in total. The van der Waals surface area contributed by atoms with Gasteiger partial charge in [0, 0.05) is 17.1 Å². The third-order valence-electron chi connectivity index (χ3n) is 5.55. The van der Waals surface area contributed by atoms with E-state index in [1.54, 1.807) is 0 Å². The van der Waals surface area contributed by atoms with E-state index in [0.29, 0.717) is 6.04 Å². The van der Waals surface area contributed by atoms with Gasteiger partial charge < -0.3 is 5.32 Å². The summed E-state index contributed by atoms with van der Waals surface area (Å²) in [4.78, 5) is 0. The number of hydrogen-bond acceptors (Lipinski definition) is 1. The molecular weight excluding hydrogens is 242 g/mol. The van der Waals surface area contributed by atoms with Gasteiger partial charge in [-0.1, -0.05) is 23.7 Å². The Hall–Kier alpha value is -0.530. The van der Waals surface area contributed by atoms with Crippen LogP contribution in [0.25, 0.3) is 0 Å². The van der Waals surface area contributed by atoms with E-state index in [4.69, 9.17) is 11.6 Å². The molecule has 3 aliphatic carbocycles. The van der Waals surface area contributed by atoms with Gasteiger partial charge in [0.05, 0.1) is 0 Å². The summed E-state index contributed by atoms with van der Waals surface area (Å²) >= 11 is 5.94. The molecule has 0 saturated heterocycles. The maximum absolute atomic E-state index is 5.94. The summed E-state index contributed by atoms with van der Waals surface area (Å²) in [5.74, 6) is 4.13. The van der Waals surface area contributed by atoms with Crippen LogP contribution in [0.1, 0.15) is 37.8 Å². The Morgan fingerprint density at radius 2 is 1.72 bits per heavy atom. The van der Waals surface area contributed by atoms with E-state index in [2.05, 4.69) is 24.4 Å². The molecule has 0 spiro atoms. The van der Waals surface area contributed by atoms with Crippen molar-refractivity contribution in [3.05, 3.63) is 34.9 Å². The van der Waals surface area contributed by atoms with E-state index in [9.17, 15) is 0 Å². The molecule has 2 bridgehead atoms. The van der Waals surface area contributed by atoms with E-state index < -0.39 is 0 Å². The van der Waals surface area contributed by atoms with Gasteiger partial charge in [0.2, 0.25) is 0 Å². The largest absolute Gasteiger partial charge is 0.307 e. The van der Waals surface area contributed by atoms with Crippen LogP contribution in [-0.2, 0) is 0 Å². The highest BCUT2D eigenvalue weighted by molar-refractivity contribution is 6.30. The van der Waals surface area contributed by atoms with E-state index in [1.165, 1.54) is 24.8 Å². The summed E-state index contributed by atoms with van der Waals surface area (Å²) in [5, 5.41) is 4.68. The van der Waals surface area contributed by atoms with Crippen LogP contribution in [-0.4, -0.2) is 6.04 Å². The maximum atomic E-state index is 5.94. The van der Waals surface area contributed by atoms with Crippen LogP contribution in [0.3, 0.4) is 0 Å². The van der Waals surface area contributed by atoms with Gasteiger partial charge in [-0.25, -0.2) is 0 Å². The average Bonchev–Trinajstić information content (AvgIpc) is 2.78. The fourth-order valence-electron chi connectivity index (χ4n) is 4.68. The van der Waals surface area contributed by atoms with Gasteiger partial charge in [0.25, 0.3) is 0 Å². The first kappa shape index (κ1) is 11.3. The fraction of sp³-hybridized carbons (Fsp3) is 0.625. The summed E-state index contributed by atoms with van der Waals surface area (Å²) in [6.45, 7) is 2.28. The average molecular weight is 262 g/mol. The molecule has 3 aliphatic rings. The first-order chi connectivity index (χ1) is 8.74. The lowest BCUT2D eigenvalue weighted by molar-refractivity contribution is 0.433. The molecule has 2 heteroatoms. The molecule has 1 N–H and O–H groups in total. The van der Waals surface area contributed by atoms with Crippen molar-refractivity contribution >= 4 is 11.6 Å². The number of fused-ring (bicyclic) bond motifs is 5. The zero-order valence-electron chi connectivity index (χ0n) is 10.8. The molecule has 0 radical (unpaired) electrons. The van der Waals surface area contributed by atoms with Crippen LogP contribution in [0.15, 0.2) is 24.3 Å². The van der Waals surface area contributed by atoms with E-state index in [-0.39, 0.29) is 0 Å². The Morgan fingerprint density at radius 3 is 2.33 bits per heavy atom. The van der Waals surface area contributed by atoms with Crippen molar-refractivity contribution in [1.82, 2.24) is 5.32 Å². The zero-order valence-corrected chi connectivity index (χ0v) is 11.5. The summed E-state index contributed by atoms with van der Waals surface area (Å²) < 4.78 is 0. The quantitative estimate of drug-likeness (QED) is 0.866. The van der Waals surface area contributed by atoms with Crippen LogP contribution in [0, 0.1) is 23.7 Å². The predicted molar refractivity (Wildman–Crippen MR) is 74.6 cm³/mol. The number of hydrogen-bond donors (Lipinski definition) is 1. The first-order valence-electron chi connectivity index (χ1n) is 7.25. The van der Waals surface area contributed by atoms with Crippen molar-refractivity contribution < 1.29 is 0 Å². The van der Waals surface area contributed by atoms with Crippen LogP contribution in [0.4, 0.5) is 0 Å². The highest BCUT2D eigenvalue weighted by Crippen LogP contribution is 2.65. The minimum atomic E-state index is 0.456. The fourth-order valence-corrected chi connectivity index (χ4v) is 4.81. The predicted octanol–water partition coefficient (Wildman–Crippen LogP) is 4.04. The Kier molecular flexibility index (Phi) is 2.50. The van der Waals surface area contributed by atoms with Crippen LogP contribution in [0.2, 0.25) is 5.02 Å². The molecule has 18 heavy (non-hydrogen) atoms. The van der Waals surface area contributed by atoms with Gasteiger partial charge in [-0.15, -0.1) is 0 Å². The molecule has 0 aliphatic heterocycles. The molecular formula is C16H20ClN. The normalized spacial score (nSPS) is 41.8. The smallest absolute Gasteiger partial charge is 0.0406 e. The Balaban J connectivity index is 1.43. The lowest BCUT2D eigenvalue weighted by atomic mass is 10.0. The Labute approximate surface area is 114 Å². The van der Waals surface area contributed by atoms with Gasteiger partial charge in [-0.3, -0.25) is 0 Å². The zero-order chi connectivity index (χ0) is 12.3. The monoisotopic (exact) mass is 261 g/mol. The number of halogens is 1. The second-order valence-corrected chi connectivity index (χ2v) is 6.89. The second kappa shape index (κ2) is 3.98. The molecule has 96 valence electrons. The highest BCUT2D eigenvalue weighted by Gasteiger charge is 2.64. The van der Waals surface area contributed by atoms with Gasteiger partial charge >= 0.3 is 0 Å². The van der Waals surface area contributed by atoms with Gasteiger partial charge in [-0.2, -0.15) is 0 Å². The minimum Gasteiger partial charge on any atom is -0.307 e. The van der Waals surface area contributed by atoms with Crippen molar-refractivity contribution in [3.63, 3.8) is 0 Å². The van der Waals surface area contributed by atoms with Crippen molar-refractivity contribution in [2.45, 2.75) is 38.3 Å². The van der Waals surface area contributed by atoms with Gasteiger partial charge in [-0.05, 0) is 67.6 Å². The standard InChI is InChI=1S/C16H20ClN/c1-9(10-4-6-13(17)7-5-10)18-16-14-11-2-3-12(8-11)15(14)16/h4-7,9,11-12,14-16,18H,2-3,8H2,1H3. The van der Waals surface area contributed by atoms with Gasteiger partial charge in [0.15, 0.2) is 0 Å². The van der Waals surface area contributed by atoms with Crippen molar-refractivity contribution in [1.29, 1.82) is 0 Å². The number of rotatable bonds is 3. The molecule has 0 heterocycles. The van der Waals surface area contributed by atoms with Crippen LogP contribution >= 0.6 is 11.6 Å². The van der Waals surface area contributed by atoms with E-state index in [0.717, 1.165) is 34.7 Å². The first-order valence-corrected chi connectivity index (χ1v) is 7.63. The summed E-state index contributed by atoms with van der Waals surface area (Å²) in [6.07, 6.45) is 4.53. The molecule has 1 aromatic carbocycles. The summed E-state index contributed by atoms with van der Waals surface area (Å²) in [7, 11) is 0. The van der Waals surface area contributed by atoms with Crippen molar-refractivity contribution in [3.8, 4) is 0 Å². The molecule has 3 saturated carbocycles. The summed E-state index contributed by atoms with van der Waals surface area (Å²) in [6, 6.07) is 9.54. The third-order valence-corrected chi connectivity index (χ3v) is 5.80. The molecule has 5 unspecified atom stereocenters. The second-order valence-electron chi connectivity index (χ2n) is 6.45. The van der Waals surface area contributed by atoms with E-state index in [1.807, 2.05) is 12.1 Å². The Bertz CT molecular complexity index is 439. The molecule has 0 aromatic heterocycles. The molecule has 4 rings (SSSR count). The number of benzene rings is 1. The minimum absolute atomic E-state index is 0.456. The molecule has 1 aromatic rings. The third kappa shape index (κ3) is 1.64. The molecule has 3 fully saturated rings. The van der Waals surface area contributed by atoms with Gasteiger partial charge in [0.1, 0.15) is 0 Å². The molecule has 5 atom stereocenters. The van der Waals surface area contributed by atoms with Crippen LogP contribution < -0.4 is 5.32 Å². The highest BCUT2D eigenvalue weighted by atomic mass is 35.5. The lowest BCUT2D eigenvalue weighted by Gasteiger charge is -2.17. The lowest BCUT2D eigenvalue weighted by Crippen LogP contribution is -2.26. The summed E-state index contributed by atoms with van der Waals surface area (Å²) in [5.41, 5.74) is 1.36. The van der Waals surface area contributed by atoms with Crippen LogP contribution in [0.5, 0.6) is 0 Å². The van der Waals surface area contributed by atoms with Crippen molar-refractivity contribution in [2.24, 2.45) is 23.7 Å². The maximum Gasteiger partial charge on any atom is 0.0406 e. The van der Waals surface area contributed by atoms with Crippen molar-refractivity contribution in [2.75, 3.05) is 0 Å². The topological polar surface area (TPSA) is 12.0 Å². The SMILES string of the molecule is CC(NC1C2C3CCC(C3)C12)c1ccc(Cl)cc1. The molecule has 0 amide bonds. The Morgan fingerprint density at radius 1 is 1.11 bits per heavy atom. The van der Waals surface area contributed by atoms with E-state index >= 15 is 0 Å². The number of nitrogens with one attached hydrogen (secondary N) is 1.